The minimum absolute atomic E-state index is 0.649. The summed E-state index contributed by atoms with van der Waals surface area (Å²) >= 11 is 0. The van der Waals surface area contributed by atoms with Crippen molar-refractivity contribution in [2.45, 2.75) is 40.0 Å². The molecule has 1 aromatic rings. The second-order valence-electron chi connectivity index (χ2n) is 3.91. The van der Waals surface area contributed by atoms with Gasteiger partial charge in [0.2, 0.25) is 0 Å². The predicted molar refractivity (Wildman–Crippen MR) is 55.5 cm³/mol. The molecule has 3 heteroatoms. The van der Waals surface area contributed by atoms with Crippen LogP contribution < -0.4 is 5.73 Å². The fraction of sp³-hybridized carbons (Fsp3) is 0.700. The van der Waals surface area contributed by atoms with E-state index in [0.717, 1.165) is 19.3 Å². The van der Waals surface area contributed by atoms with Crippen LogP contribution in [0.2, 0.25) is 0 Å². The first-order valence-electron chi connectivity index (χ1n) is 4.96. The van der Waals surface area contributed by atoms with Crippen molar-refractivity contribution < 1.29 is 0 Å². The molecule has 0 atom stereocenters. The van der Waals surface area contributed by atoms with Gasteiger partial charge in [0, 0.05) is 11.3 Å². The van der Waals surface area contributed by atoms with E-state index in [1.807, 2.05) is 0 Å². The molecule has 0 unspecified atom stereocenters. The minimum atomic E-state index is 0.649. The number of nitrogen functional groups attached to an aromatic ring is 1. The van der Waals surface area contributed by atoms with Gasteiger partial charge in [-0.05, 0) is 18.8 Å². The van der Waals surface area contributed by atoms with E-state index in [2.05, 4.69) is 31.0 Å². The number of nitrogens with zero attached hydrogens (tertiary/aromatic N) is 1. The van der Waals surface area contributed by atoms with Gasteiger partial charge in [0.25, 0.3) is 0 Å². The normalized spacial score (nSPS) is 11.1. The molecule has 3 N–H and O–H groups in total. The summed E-state index contributed by atoms with van der Waals surface area (Å²) < 4.78 is 0. The molecule has 0 aliphatic carbocycles. The summed E-state index contributed by atoms with van der Waals surface area (Å²) in [5, 5.41) is 7.06. The summed E-state index contributed by atoms with van der Waals surface area (Å²) in [6, 6.07) is 0. The molecule has 3 nitrogen and oxygen atoms in total. The molecule has 0 bridgehead atoms. The maximum Gasteiger partial charge on any atom is 0.148 e. The summed E-state index contributed by atoms with van der Waals surface area (Å²) in [6.45, 7) is 6.56. The Hall–Kier alpha value is -0.990. The Morgan fingerprint density at radius 2 is 2.15 bits per heavy atom. The molecule has 1 rings (SSSR count). The lowest BCUT2D eigenvalue weighted by atomic mass is 10.0. The molecule has 0 radical (unpaired) electrons. The molecule has 13 heavy (non-hydrogen) atoms. The first kappa shape index (κ1) is 10.1. The number of hydrogen-bond acceptors (Lipinski definition) is 2. The largest absolute Gasteiger partial charge is 0.382 e. The second kappa shape index (κ2) is 4.30. The Morgan fingerprint density at radius 3 is 2.69 bits per heavy atom. The topological polar surface area (TPSA) is 54.7 Å². The van der Waals surface area contributed by atoms with Crippen LogP contribution in [-0.2, 0) is 12.8 Å². The van der Waals surface area contributed by atoms with Crippen molar-refractivity contribution in [1.82, 2.24) is 10.2 Å². The lowest BCUT2D eigenvalue weighted by Gasteiger charge is -2.04. The molecule has 0 fully saturated rings. The van der Waals surface area contributed by atoms with Crippen molar-refractivity contribution in [3.63, 3.8) is 0 Å². The lowest BCUT2D eigenvalue weighted by Crippen LogP contribution is -1.99. The number of nitrogens with two attached hydrogens (primary N) is 1. The zero-order valence-electron chi connectivity index (χ0n) is 8.72. The van der Waals surface area contributed by atoms with Crippen LogP contribution in [0, 0.1) is 5.92 Å². The Balaban J connectivity index is 2.80. The van der Waals surface area contributed by atoms with Crippen molar-refractivity contribution in [3.05, 3.63) is 11.3 Å². The van der Waals surface area contributed by atoms with Gasteiger partial charge in [0.15, 0.2) is 0 Å². The number of aromatic amines is 1. The van der Waals surface area contributed by atoms with Crippen LogP contribution in [0.4, 0.5) is 5.82 Å². The standard InChI is InChI=1S/C10H19N3/c1-4-5-8-9(6-7(2)3)12-13-10(8)11/h7H,4-6H2,1-3H3,(H3,11,12,13). The number of aromatic nitrogens is 2. The molecule has 0 aliphatic rings. The van der Waals surface area contributed by atoms with E-state index in [1.54, 1.807) is 0 Å². The second-order valence-corrected chi connectivity index (χ2v) is 3.91. The molecule has 0 amide bonds. The molecule has 1 aromatic heterocycles. The molecule has 0 aromatic carbocycles. The predicted octanol–water partition coefficient (Wildman–Crippen LogP) is 2.14. The molecule has 74 valence electrons. The summed E-state index contributed by atoms with van der Waals surface area (Å²) in [7, 11) is 0. The van der Waals surface area contributed by atoms with Crippen LogP contribution >= 0.6 is 0 Å². The number of rotatable bonds is 4. The SMILES string of the molecule is CCCc1c(N)n[nH]c1CC(C)C. The maximum absolute atomic E-state index is 5.76. The molecule has 1 heterocycles. The summed E-state index contributed by atoms with van der Waals surface area (Å²) in [5.41, 5.74) is 8.20. The molecular formula is C10H19N3. The van der Waals surface area contributed by atoms with Crippen LogP contribution in [0.3, 0.4) is 0 Å². The van der Waals surface area contributed by atoms with E-state index in [0.29, 0.717) is 11.7 Å². The van der Waals surface area contributed by atoms with Gasteiger partial charge in [-0.3, -0.25) is 5.10 Å². The lowest BCUT2D eigenvalue weighted by molar-refractivity contribution is 0.628. The van der Waals surface area contributed by atoms with E-state index >= 15 is 0 Å². The molecule has 0 saturated heterocycles. The van der Waals surface area contributed by atoms with E-state index in [9.17, 15) is 0 Å². The van der Waals surface area contributed by atoms with Gasteiger partial charge >= 0.3 is 0 Å². The van der Waals surface area contributed by atoms with Crippen LogP contribution in [-0.4, -0.2) is 10.2 Å². The first-order valence-corrected chi connectivity index (χ1v) is 4.96. The van der Waals surface area contributed by atoms with Crippen molar-refractivity contribution in [3.8, 4) is 0 Å². The van der Waals surface area contributed by atoms with Gasteiger partial charge in [-0.25, -0.2) is 0 Å². The van der Waals surface area contributed by atoms with Gasteiger partial charge in [0.1, 0.15) is 5.82 Å². The van der Waals surface area contributed by atoms with Crippen molar-refractivity contribution >= 4 is 5.82 Å². The zero-order valence-corrected chi connectivity index (χ0v) is 8.72. The van der Waals surface area contributed by atoms with Gasteiger partial charge in [-0.15, -0.1) is 0 Å². The van der Waals surface area contributed by atoms with Gasteiger partial charge < -0.3 is 5.73 Å². The highest BCUT2D eigenvalue weighted by atomic mass is 15.2. The fourth-order valence-electron chi connectivity index (χ4n) is 1.52. The van der Waals surface area contributed by atoms with E-state index in [4.69, 9.17) is 5.73 Å². The fourth-order valence-corrected chi connectivity index (χ4v) is 1.52. The number of hydrogen-bond donors (Lipinski definition) is 2. The molecular weight excluding hydrogens is 162 g/mol. The van der Waals surface area contributed by atoms with Gasteiger partial charge in [-0.1, -0.05) is 27.2 Å². The Morgan fingerprint density at radius 1 is 1.46 bits per heavy atom. The molecule has 0 spiro atoms. The van der Waals surface area contributed by atoms with Crippen molar-refractivity contribution in [2.75, 3.05) is 5.73 Å². The van der Waals surface area contributed by atoms with Crippen LogP contribution in [0.15, 0.2) is 0 Å². The summed E-state index contributed by atoms with van der Waals surface area (Å²) in [6.07, 6.45) is 3.19. The maximum atomic E-state index is 5.76. The third-order valence-electron chi connectivity index (χ3n) is 2.10. The Kier molecular flexibility index (Phi) is 3.34. The van der Waals surface area contributed by atoms with Gasteiger partial charge in [-0.2, -0.15) is 5.10 Å². The average Bonchev–Trinajstić information content (AvgIpc) is 2.35. The van der Waals surface area contributed by atoms with E-state index in [-0.39, 0.29) is 0 Å². The van der Waals surface area contributed by atoms with Crippen LogP contribution in [0.25, 0.3) is 0 Å². The minimum Gasteiger partial charge on any atom is -0.382 e. The third kappa shape index (κ3) is 2.47. The highest BCUT2D eigenvalue weighted by molar-refractivity contribution is 5.42. The number of nitrogens with one attached hydrogen (secondary N) is 1. The molecule has 0 saturated carbocycles. The number of anilines is 1. The highest BCUT2D eigenvalue weighted by Crippen LogP contribution is 2.18. The summed E-state index contributed by atoms with van der Waals surface area (Å²) in [5.74, 6) is 1.33. The van der Waals surface area contributed by atoms with Crippen LogP contribution in [0.1, 0.15) is 38.4 Å². The van der Waals surface area contributed by atoms with E-state index in [1.165, 1.54) is 11.3 Å². The highest BCUT2D eigenvalue weighted by Gasteiger charge is 2.10. The smallest absolute Gasteiger partial charge is 0.148 e. The first-order chi connectivity index (χ1) is 6.15. The molecule has 0 aliphatic heterocycles. The van der Waals surface area contributed by atoms with Crippen molar-refractivity contribution in [2.24, 2.45) is 5.92 Å². The van der Waals surface area contributed by atoms with Crippen LogP contribution in [0.5, 0.6) is 0 Å². The quantitative estimate of drug-likeness (QED) is 0.747. The van der Waals surface area contributed by atoms with E-state index < -0.39 is 0 Å². The van der Waals surface area contributed by atoms with Gasteiger partial charge in [0.05, 0.1) is 0 Å². The Labute approximate surface area is 79.7 Å². The monoisotopic (exact) mass is 181 g/mol. The van der Waals surface area contributed by atoms with Crippen molar-refractivity contribution in [1.29, 1.82) is 0 Å². The third-order valence-corrected chi connectivity index (χ3v) is 2.10. The number of H-pyrrole nitrogens is 1. The zero-order chi connectivity index (χ0) is 9.84. The Bertz CT molecular complexity index is 263. The average molecular weight is 181 g/mol. The summed E-state index contributed by atoms with van der Waals surface area (Å²) in [4.78, 5) is 0.